The standard InChI is InChI=1S/C2H4O.5CO.Cr/c1-2-3;5*1-2;/h2-3H,1H2;;;;;;. The minimum atomic E-state index is -5.61. The summed E-state index contributed by atoms with van der Waals surface area (Å²) in [5, 5.41) is 7.33. The molecule has 0 amide bonds. The molecule has 0 aromatic carbocycles. The van der Waals surface area contributed by atoms with Crippen LogP contribution >= 0.6 is 0 Å². The Morgan fingerprint density at radius 3 is 1.00 bits per heavy atom. The van der Waals surface area contributed by atoms with Gasteiger partial charge in [-0.05, 0) is 0 Å². The fourth-order valence-corrected chi connectivity index (χ4v) is 0.701. The molecule has 0 bridgehead atoms. The molecule has 7 heteroatoms. The van der Waals surface area contributed by atoms with Gasteiger partial charge in [0.25, 0.3) is 0 Å². The molecule has 0 aliphatic carbocycles. The van der Waals surface area contributed by atoms with Crippen LogP contribution in [0.4, 0.5) is 0 Å². The zero-order valence-electron chi connectivity index (χ0n) is 6.68. The Morgan fingerprint density at radius 1 is 0.857 bits per heavy atom. The monoisotopic (exact) mass is 236 g/mol. The summed E-state index contributed by atoms with van der Waals surface area (Å²) >= 11 is 0. The van der Waals surface area contributed by atoms with E-state index in [1.807, 2.05) is 0 Å². The van der Waals surface area contributed by atoms with Crippen LogP contribution in [0.3, 0.4) is 0 Å². The molecular formula is C7H4CrO6. The predicted molar refractivity (Wildman–Crippen MR) is 41.3 cm³/mol. The van der Waals surface area contributed by atoms with E-state index in [1.165, 1.54) is 0 Å². The van der Waals surface area contributed by atoms with Crippen LogP contribution < -0.4 is 0 Å². The Balaban J connectivity index is 0. The quantitative estimate of drug-likeness (QED) is 0.524. The molecule has 0 radical (unpaired) electrons. The molecule has 0 aromatic heterocycles. The third-order valence-corrected chi connectivity index (χ3v) is 3.44. The minimum absolute atomic E-state index is 0.750. The molecule has 74 valence electrons. The maximum atomic E-state index is 9.97. The Hall–Kier alpha value is -2.03. The third-order valence-electron chi connectivity index (χ3n) is 0.833. The van der Waals surface area contributed by atoms with E-state index in [1.54, 1.807) is 0 Å². The van der Waals surface area contributed by atoms with Crippen molar-refractivity contribution < 1.29 is 38.9 Å². The summed E-state index contributed by atoms with van der Waals surface area (Å²) in [6.45, 7) is 2.92. The first kappa shape index (κ1) is 14.5. The van der Waals surface area contributed by atoms with E-state index in [0.717, 1.165) is 30.0 Å². The van der Waals surface area contributed by atoms with Gasteiger partial charge in [0.05, 0.1) is 6.26 Å². The summed E-state index contributed by atoms with van der Waals surface area (Å²) in [5.41, 5.74) is 0. The molecule has 0 saturated carbocycles. The summed E-state index contributed by atoms with van der Waals surface area (Å²) in [5.74, 6) is 0. The normalized spacial score (nSPS) is 6.57. The molecular weight excluding hydrogens is 232 g/mol. The van der Waals surface area contributed by atoms with Crippen LogP contribution in [0.2, 0.25) is 0 Å². The van der Waals surface area contributed by atoms with Crippen molar-refractivity contribution in [3.8, 4) is 0 Å². The van der Waals surface area contributed by atoms with Gasteiger partial charge in [0.2, 0.25) is 0 Å². The van der Waals surface area contributed by atoms with Crippen molar-refractivity contribution >= 4 is 23.7 Å². The molecule has 1 N–H and O–H groups in total. The van der Waals surface area contributed by atoms with E-state index in [4.69, 9.17) is 5.11 Å². The summed E-state index contributed by atoms with van der Waals surface area (Å²) in [7, 11) is -5.61. The van der Waals surface area contributed by atoms with E-state index >= 15 is 0 Å². The Bertz CT molecular complexity index is 597. The Kier molecular flexibility index (Phi) is 5.79. The molecule has 0 aliphatic rings. The van der Waals surface area contributed by atoms with Gasteiger partial charge in [0.15, 0.2) is 0 Å². The van der Waals surface area contributed by atoms with Crippen LogP contribution in [0, 0.1) is 0 Å². The topological polar surface area (TPSA) is 106 Å². The maximum absolute atomic E-state index is 9.97. The van der Waals surface area contributed by atoms with Crippen molar-refractivity contribution in [1.29, 1.82) is 0 Å². The first-order valence-corrected chi connectivity index (χ1v) is 5.90. The van der Waals surface area contributed by atoms with Gasteiger partial charge in [-0.15, -0.1) is 0 Å². The van der Waals surface area contributed by atoms with E-state index in [2.05, 4.69) is 6.58 Å². The van der Waals surface area contributed by atoms with Crippen molar-refractivity contribution in [1.82, 2.24) is 0 Å². The zero-order chi connectivity index (χ0) is 11.7. The van der Waals surface area contributed by atoms with Gasteiger partial charge >= 0.3 is 57.5 Å². The molecule has 0 aromatic rings. The van der Waals surface area contributed by atoms with Crippen LogP contribution in [-0.2, 0) is 33.8 Å². The van der Waals surface area contributed by atoms with Gasteiger partial charge in [-0.1, -0.05) is 6.58 Å². The van der Waals surface area contributed by atoms with Gasteiger partial charge in [-0.25, -0.2) is 0 Å². The Labute approximate surface area is 76.0 Å². The van der Waals surface area contributed by atoms with Crippen molar-refractivity contribution in [3.05, 3.63) is 12.8 Å². The summed E-state index contributed by atoms with van der Waals surface area (Å²) < 4.78 is 3.75. The first-order chi connectivity index (χ1) is 6.53. The van der Waals surface area contributed by atoms with Crippen LogP contribution in [0.25, 0.3) is 0 Å². The number of hydrogen-bond donors (Lipinski definition) is 1. The second kappa shape index (κ2) is 5.59. The molecule has 0 atom stereocenters. The zero-order valence-corrected chi connectivity index (χ0v) is 7.96. The SMILES string of the molecule is C=CO.O=[C]=[Cr](=[C]=O)(=[C]=O)(=[C]=O)=[C]=O. The number of carbonyl (C=O) groups excluding carboxylic acids is 5. The number of hydrogen-bond acceptors (Lipinski definition) is 6. The number of rotatable bonds is 0. The average molecular weight is 236 g/mol. The fourth-order valence-electron chi connectivity index (χ4n) is 0.170. The van der Waals surface area contributed by atoms with Crippen molar-refractivity contribution in [2.75, 3.05) is 0 Å². The summed E-state index contributed by atoms with van der Waals surface area (Å²) in [6, 6.07) is 0. The van der Waals surface area contributed by atoms with E-state index in [-0.39, 0.29) is 0 Å². The summed E-state index contributed by atoms with van der Waals surface area (Å²) in [4.78, 5) is 49.9. The molecule has 0 aliphatic heterocycles. The van der Waals surface area contributed by atoms with E-state index < -0.39 is 9.81 Å². The van der Waals surface area contributed by atoms with Crippen LogP contribution in [0.1, 0.15) is 0 Å². The van der Waals surface area contributed by atoms with E-state index in [0.29, 0.717) is 0 Å². The second-order valence-corrected chi connectivity index (χ2v) is 6.11. The molecule has 0 saturated heterocycles. The molecule has 14 heavy (non-hydrogen) atoms. The van der Waals surface area contributed by atoms with Gasteiger partial charge in [-0.3, -0.25) is 0 Å². The van der Waals surface area contributed by atoms with Gasteiger partial charge in [0.1, 0.15) is 0 Å². The van der Waals surface area contributed by atoms with Crippen molar-refractivity contribution in [3.63, 3.8) is 0 Å². The van der Waals surface area contributed by atoms with Gasteiger partial charge < -0.3 is 5.11 Å². The molecule has 0 rings (SSSR count). The van der Waals surface area contributed by atoms with Gasteiger partial charge in [0, 0.05) is 0 Å². The summed E-state index contributed by atoms with van der Waals surface area (Å²) in [6.07, 6.45) is 0.750. The Morgan fingerprint density at radius 2 is 1.00 bits per heavy atom. The molecule has 0 spiro atoms. The number of aliphatic hydroxyl groups excluding tert-OH is 1. The molecule has 0 fully saturated rings. The molecule has 6 nitrogen and oxygen atoms in total. The van der Waals surface area contributed by atoms with E-state index in [9.17, 15) is 24.0 Å². The van der Waals surface area contributed by atoms with Crippen molar-refractivity contribution in [2.45, 2.75) is 0 Å². The molecule has 0 heterocycles. The van der Waals surface area contributed by atoms with Crippen LogP contribution in [-0.4, -0.2) is 28.8 Å². The fraction of sp³-hybridized carbons (Fsp3) is 0. The first-order valence-electron chi connectivity index (χ1n) is 2.71. The number of aliphatic hydroxyl groups is 1. The second-order valence-electron chi connectivity index (χ2n) is 1.62. The van der Waals surface area contributed by atoms with Gasteiger partial charge in [-0.2, -0.15) is 0 Å². The van der Waals surface area contributed by atoms with Crippen LogP contribution in [0.15, 0.2) is 12.8 Å². The van der Waals surface area contributed by atoms with Crippen LogP contribution in [0.5, 0.6) is 0 Å². The third kappa shape index (κ3) is 2.49. The predicted octanol–water partition coefficient (Wildman–Crippen LogP) is -1.30. The molecule has 0 unspecified atom stereocenters. The average Bonchev–Trinajstić information content (AvgIpc) is 2.25. The van der Waals surface area contributed by atoms with Crippen molar-refractivity contribution in [2.24, 2.45) is 0 Å².